The van der Waals surface area contributed by atoms with Crippen molar-refractivity contribution in [3.63, 3.8) is 0 Å². The molecule has 156 valence electrons. The van der Waals surface area contributed by atoms with Crippen molar-refractivity contribution in [3.8, 4) is 0 Å². The molecule has 2 saturated heterocycles. The highest BCUT2D eigenvalue weighted by molar-refractivity contribution is 5.91. The summed E-state index contributed by atoms with van der Waals surface area (Å²) < 4.78 is 1.71. The first-order chi connectivity index (χ1) is 14.0. The van der Waals surface area contributed by atoms with Gasteiger partial charge in [0.15, 0.2) is 5.82 Å². The minimum absolute atomic E-state index is 0.00131. The third-order valence-electron chi connectivity index (χ3n) is 6.63. The fourth-order valence-corrected chi connectivity index (χ4v) is 5.12. The number of rotatable bonds is 5. The number of anilines is 1. The van der Waals surface area contributed by atoms with Gasteiger partial charge in [-0.05, 0) is 44.7 Å². The van der Waals surface area contributed by atoms with Crippen molar-refractivity contribution in [1.82, 2.24) is 20.0 Å². The molecular weight excluding hydrogens is 362 g/mol. The van der Waals surface area contributed by atoms with Crippen LogP contribution in [-0.2, 0) is 18.3 Å². The van der Waals surface area contributed by atoms with Gasteiger partial charge in [0.05, 0.1) is 6.54 Å². The van der Waals surface area contributed by atoms with Crippen molar-refractivity contribution in [1.29, 1.82) is 0 Å². The molecule has 2 fully saturated rings. The Labute approximate surface area is 173 Å². The van der Waals surface area contributed by atoms with E-state index in [1.807, 2.05) is 19.3 Å². The van der Waals surface area contributed by atoms with Gasteiger partial charge in [0.1, 0.15) is 0 Å². The van der Waals surface area contributed by atoms with E-state index in [0.717, 1.165) is 25.8 Å². The van der Waals surface area contributed by atoms with Crippen LogP contribution in [0, 0.1) is 0 Å². The fourth-order valence-electron chi connectivity index (χ4n) is 5.12. The first-order valence-electron chi connectivity index (χ1n) is 10.9. The molecule has 1 aromatic heterocycles. The van der Waals surface area contributed by atoms with Gasteiger partial charge in [-0.15, -0.1) is 0 Å². The number of amides is 1. The Kier molecular flexibility index (Phi) is 6.01. The zero-order valence-corrected chi connectivity index (χ0v) is 17.6. The fraction of sp³-hybridized carbons (Fsp3) is 0.565. The number of hydrogen-bond acceptors (Lipinski definition) is 4. The summed E-state index contributed by atoms with van der Waals surface area (Å²) in [4.78, 5) is 15.2. The van der Waals surface area contributed by atoms with Crippen LogP contribution in [0.2, 0.25) is 0 Å². The molecule has 0 spiro atoms. The molecule has 3 heterocycles. The second-order valence-corrected chi connectivity index (χ2v) is 8.86. The Bertz CT molecular complexity index is 820. The molecule has 1 aromatic carbocycles. The van der Waals surface area contributed by atoms with Crippen molar-refractivity contribution < 1.29 is 4.79 Å². The van der Waals surface area contributed by atoms with Crippen molar-refractivity contribution in [2.24, 2.45) is 7.05 Å². The van der Waals surface area contributed by atoms with E-state index in [9.17, 15) is 4.79 Å². The smallest absolute Gasteiger partial charge is 0.239 e. The Morgan fingerprint density at radius 1 is 1.24 bits per heavy atom. The maximum Gasteiger partial charge on any atom is 0.239 e. The number of carbonyl (C=O) groups is 1. The summed E-state index contributed by atoms with van der Waals surface area (Å²) in [6.07, 6.45) is 8.79. The minimum Gasteiger partial charge on any atom is -0.309 e. The highest BCUT2D eigenvalue weighted by atomic mass is 16.2. The van der Waals surface area contributed by atoms with Crippen LogP contribution in [0.1, 0.15) is 44.6 Å². The summed E-state index contributed by atoms with van der Waals surface area (Å²) in [5.41, 5.74) is 1.38. The maximum atomic E-state index is 12.8. The highest BCUT2D eigenvalue weighted by Crippen LogP contribution is 2.37. The van der Waals surface area contributed by atoms with E-state index in [1.165, 1.54) is 24.8 Å². The lowest BCUT2D eigenvalue weighted by atomic mass is 9.84. The van der Waals surface area contributed by atoms with E-state index in [-0.39, 0.29) is 11.4 Å². The Morgan fingerprint density at radius 2 is 2.07 bits per heavy atom. The molecule has 3 atom stereocenters. The Hall–Kier alpha value is -2.18. The minimum atomic E-state index is 0.00131. The molecule has 2 aliphatic rings. The number of aromatic nitrogens is 2. The molecule has 0 bridgehead atoms. The van der Waals surface area contributed by atoms with E-state index < -0.39 is 0 Å². The second kappa shape index (κ2) is 8.67. The topological polar surface area (TPSA) is 62.2 Å². The Morgan fingerprint density at radius 3 is 2.83 bits per heavy atom. The van der Waals surface area contributed by atoms with E-state index in [4.69, 9.17) is 0 Å². The SMILES string of the molecule is Cn1ccc(NC(=O)CN2CCCCC[C@@H]3N[C@H](Cc4ccccc4)C[C@@]32C)n1. The highest BCUT2D eigenvalue weighted by Gasteiger charge is 2.47. The monoisotopic (exact) mass is 395 g/mol. The van der Waals surface area contributed by atoms with E-state index in [0.29, 0.717) is 24.4 Å². The average Bonchev–Trinajstić information content (AvgIpc) is 3.23. The molecular formula is C23H33N5O. The van der Waals surface area contributed by atoms with Gasteiger partial charge in [0.2, 0.25) is 5.91 Å². The number of hydrogen-bond donors (Lipinski definition) is 2. The largest absolute Gasteiger partial charge is 0.309 e. The number of nitrogens with zero attached hydrogens (tertiary/aromatic N) is 3. The first-order valence-corrected chi connectivity index (χ1v) is 10.9. The van der Waals surface area contributed by atoms with Crippen LogP contribution in [0.3, 0.4) is 0 Å². The number of aryl methyl sites for hydroxylation is 1. The molecule has 2 aliphatic heterocycles. The quantitative estimate of drug-likeness (QED) is 0.817. The third-order valence-corrected chi connectivity index (χ3v) is 6.63. The van der Waals surface area contributed by atoms with E-state index in [2.05, 4.69) is 57.9 Å². The predicted molar refractivity (Wildman–Crippen MR) is 116 cm³/mol. The Balaban J connectivity index is 1.46. The van der Waals surface area contributed by atoms with Crippen LogP contribution in [0.25, 0.3) is 0 Å². The summed E-state index contributed by atoms with van der Waals surface area (Å²) in [5, 5.41) is 11.2. The lowest BCUT2D eigenvalue weighted by molar-refractivity contribution is -0.119. The van der Waals surface area contributed by atoms with Gasteiger partial charge >= 0.3 is 0 Å². The van der Waals surface area contributed by atoms with Gasteiger partial charge in [0.25, 0.3) is 0 Å². The van der Waals surface area contributed by atoms with Crippen LogP contribution >= 0.6 is 0 Å². The van der Waals surface area contributed by atoms with Gasteiger partial charge in [-0.3, -0.25) is 14.4 Å². The summed E-state index contributed by atoms with van der Waals surface area (Å²) in [5.74, 6) is 0.647. The predicted octanol–water partition coefficient (Wildman–Crippen LogP) is 2.97. The molecule has 0 aliphatic carbocycles. The molecule has 29 heavy (non-hydrogen) atoms. The second-order valence-electron chi connectivity index (χ2n) is 8.86. The lowest BCUT2D eigenvalue weighted by Gasteiger charge is -2.43. The number of likely N-dealkylation sites (tertiary alicyclic amines) is 1. The van der Waals surface area contributed by atoms with Gasteiger partial charge in [-0.2, -0.15) is 5.10 Å². The molecule has 1 amide bonds. The van der Waals surface area contributed by atoms with Crippen LogP contribution in [0.15, 0.2) is 42.6 Å². The molecule has 0 radical (unpaired) electrons. The number of fused-ring (bicyclic) bond motifs is 1. The molecule has 6 heteroatoms. The first kappa shape index (κ1) is 20.1. The van der Waals surface area contributed by atoms with Gasteiger partial charge in [0, 0.05) is 36.9 Å². The number of carbonyl (C=O) groups excluding carboxylic acids is 1. The van der Waals surface area contributed by atoms with Crippen molar-refractivity contribution in [2.75, 3.05) is 18.4 Å². The van der Waals surface area contributed by atoms with E-state index >= 15 is 0 Å². The molecule has 6 nitrogen and oxygen atoms in total. The van der Waals surface area contributed by atoms with Crippen LogP contribution in [0.5, 0.6) is 0 Å². The molecule has 2 aromatic rings. The summed E-state index contributed by atoms with van der Waals surface area (Å²) in [6, 6.07) is 13.4. The number of benzene rings is 1. The van der Waals surface area contributed by atoms with Crippen LogP contribution in [0.4, 0.5) is 5.82 Å². The summed E-state index contributed by atoms with van der Waals surface area (Å²) >= 11 is 0. The van der Waals surface area contributed by atoms with Gasteiger partial charge < -0.3 is 10.6 Å². The van der Waals surface area contributed by atoms with Crippen molar-refractivity contribution in [2.45, 2.75) is 63.1 Å². The third kappa shape index (κ3) is 4.70. The number of nitrogens with one attached hydrogen (secondary N) is 2. The zero-order valence-electron chi connectivity index (χ0n) is 17.6. The normalized spacial score (nSPS) is 27.8. The van der Waals surface area contributed by atoms with E-state index in [1.54, 1.807) is 4.68 Å². The average molecular weight is 396 g/mol. The maximum absolute atomic E-state index is 12.8. The van der Waals surface area contributed by atoms with Gasteiger partial charge in [-0.1, -0.05) is 43.2 Å². The molecule has 0 unspecified atom stereocenters. The van der Waals surface area contributed by atoms with Crippen LogP contribution < -0.4 is 10.6 Å². The molecule has 2 N–H and O–H groups in total. The van der Waals surface area contributed by atoms with Crippen molar-refractivity contribution >= 4 is 11.7 Å². The standard InChI is InChI=1S/C23H33N5O/c1-23-16-19(15-18-9-5-3-6-10-18)24-20(23)11-7-4-8-13-28(23)17-22(29)25-21-12-14-27(2)26-21/h3,5-6,9-10,12,14,19-20,24H,4,7-8,11,13,15-17H2,1-2H3,(H,25,26,29)/t19-,20+,23+/m1/s1. The van der Waals surface area contributed by atoms with Crippen LogP contribution in [-0.4, -0.2) is 51.3 Å². The lowest BCUT2D eigenvalue weighted by Crippen LogP contribution is -2.57. The molecule has 4 rings (SSSR count). The summed E-state index contributed by atoms with van der Waals surface area (Å²) in [6.45, 7) is 3.75. The molecule has 0 saturated carbocycles. The zero-order chi connectivity index (χ0) is 20.3. The van der Waals surface area contributed by atoms with Gasteiger partial charge in [-0.25, -0.2) is 0 Å². The van der Waals surface area contributed by atoms with Crippen molar-refractivity contribution in [3.05, 3.63) is 48.2 Å². The summed E-state index contributed by atoms with van der Waals surface area (Å²) in [7, 11) is 1.86.